The van der Waals surface area contributed by atoms with Gasteiger partial charge in [0.05, 0.1) is 6.10 Å². The van der Waals surface area contributed by atoms with E-state index in [0.29, 0.717) is 12.1 Å². The van der Waals surface area contributed by atoms with Crippen LogP contribution in [0.4, 0.5) is 5.69 Å². The van der Waals surface area contributed by atoms with Crippen LogP contribution in [0.2, 0.25) is 0 Å². The van der Waals surface area contributed by atoms with Crippen LogP contribution in [0.15, 0.2) is 60.9 Å². The molecule has 2 aromatic carbocycles. The van der Waals surface area contributed by atoms with Crippen molar-refractivity contribution in [2.75, 3.05) is 5.32 Å². The standard InChI is InChI=1S/C19H21N5O2/c1-14(2)26-17-10-8-16(9-11-17)21-19(25)18(24-13-20-22-23-24)12-15-6-4-3-5-7-15/h3-11,13-14,18H,12H2,1-2H3,(H,21,25). The SMILES string of the molecule is CC(C)Oc1ccc(NC(=O)C(Cc2ccccc2)n2cnnn2)cc1. The van der Waals surface area contributed by atoms with Gasteiger partial charge in [-0.15, -0.1) is 5.10 Å². The van der Waals surface area contributed by atoms with E-state index in [-0.39, 0.29) is 12.0 Å². The zero-order valence-corrected chi connectivity index (χ0v) is 14.7. The average molecular weight is 351 g/mol. The van der Waals surface area contributed by atoms with Crippen LogP contribution in [0, 0.1) is 0 Å². The highest BCUT2D eigenvalue weighted by atomic mass is 16.5. The number of hydrogen-bond donors (Lipinski definition) is 1. The van der Waals surface area contributed by atoms with Crippen molar-refractivity contribution in [1.29, 1.82) is 0 Å². The Labute approximate surface area is 152 Å². The van der Waals surface area contributed by atoms with Crippen LogP contribution in [0.5, 0.6) is 5.75 Å². The number of benzene rings is 2. The van der Waals surface area contributed by atoms with Gasteiger partial charge in [-0.25, -0.2) is 4.68 Å². The topological polar surface area (TPSA) is 81.9 Å². The van der Waals surface area contributed by atoms with Crippen molar-refractivity contribution < 1.29 is 9.53 Å². The maximum absolute atomic E-state index is 12.8. The Balaban J connectivity index is 1.73. The summed E-state index contributed by atoms with van der Waals surface area (Å²) >= 11 is 0. The predicted octanol–water partition coefficient (Wildman–Crippen LogP) is 2.88. The third kappa shape index (κ3) is 4.66. The molecular formula is C19H21N5O2. The maximum atomic E-state index is 12.8. The number of amides is 1. The maximum Gasteiger partial charge on any atom is 0.249 e. The minimum absolute atomic E-state index is 0.102. The molecule has 1 heterocycles. The molecule has 0 aliphatic carbocycles. The van der Waals surface area contributed by atoms with Crippen molar-refractivity contribution in [3.63, 3.8) is 0 Å². The van der Waals surface area contributed by atoms with Crippen molar-refractivity contribution in [2.45, 2.75) is 32.4 Å². The molecule has 3 rings (SSSR count). The Morgan fingerprint density at radius 1 is 1.12 bits per heavy atom. The summed E-state index contributed by atoms with van der Waals surface area (Å²) in [4.78, 5) is 12.8. The number of carbonyl (C=O) groups excluding carboxylic acids is 1. The highest BCUT2D eigenvalue weighted by Gasteiger charge is 2.22. The molecule has 1 amide bonds. The van der Waals surface area contributed by atoms with Gasteiger partial charge in [0, 0.05) is 12.1 Å². The highest BCUT2D eigenvalue weighted by molar-refractivity contribution is 5.93. The monoisotopic (exact) mass is 351 g/mol. The lowest BCUT2D eigenvalue weighted by molar-refractivity contribution is -0.119. The minimum atomic E-state index is -0.543. The molecule has 0 saturated carbocycles. The zero-order valence-electron chi connectivity index (χ0n) is 14.7. The van der Waals surface area contributed by atoms with E-state index in [1.54, 1.807) is 0 Å². The summed E-state index contributed by atoms with van der Waals surface area (Å²) < 4.78 is 7.09. The molecule has 0 saturated heterocycles. The Hall–Kier alpha value is -3.22. The van der Waals surface area contributed by atoms with Gasteiger partial charge in [0.1, 0.15) is 18.1 Å². The quantitative estimate of drug-likeness (QED) is 0.708. The molecule has 7 nitrogen and oxygen atoms in total. The molecule has 0 aliphatic rings. The third-order valence-electron chi connectivity index (χ3n) is 3.75. The number of nitrogens with one attached hydrogen (secondary N) is 1. The Kier molecular flexibility index (Phi) is 5.58. The second-order valence-electron chi connectivity index (χ2n) is 6.18. The number of ether oxygens (including phenoxy) is 1. The van der Waals surface area contributed by atoms with Crippen LogP contribution in [-0.2, 0) is 11.2 Å². The van der Waals surface area contributed by atoms with Crippen LogP contribution in [-0.4, -0.2) is 32.2 Å². The van der Waals surface area contributed by atoms with Gasteiger partial charge in [0.15, 0.2) is 0 Å². The number of hydrogen-bond acceptors (Lipinski definition) is 5. The van der Waals surface area contributed by atoms with Gasteiger partial charge < -0.3 is 10.1 Å². The summed E-state index contributed by atoms with van der Waals surface area (Å²) in [7, 11) is 0. The Morgan fingerprint density at radius 3 is 2.46 bits per heavy atom. The highest BCUT2D eigenvalue weighted by Crippen LogP contribution is 2.20. The van der Waals surface area contributed by atoms with Gasteiger partial charge in [0.2, 0.25) is 5.91 Å². The first-order valence-electron chi connectivity index (χ1n) is 8.46. The van der Waals surface area contributed by atoms with E-state index >= 15 is 0 Å². The Morgan fingerprint density at radius 2 is 1.85 bits per heavy atom. The molecule has 7 heteroatoms. The summed E-state index contributed by atoms with van der Waals surface area (Å²) in [6.45, 7) is 3.94. The van der Waals surface area contributed by atoms with Gasteiger partial charge >= 0.3 is 0 Å². The molecule has 1 atom stereocenters. The molecule has 3 aromatic rings. The summed E-state index contributed by atoms with van der Waals surface area (Å²) in [5.74, 6) is 0.581. The smallest absolute Gasteiger partial charge is 0.249 e. The van der Waals surface area contributed by atoms with Crippen LogP contribution in [0.3, 0.4) is 0 Å². The fourth-order valence-corrected chi connectivity index (χ4v) is 2.57. The van der Waals surface area contributed by atoms with Gasteiger partial charge in [-0.05, 0) is 54.1 Å². The Bertz CT molecular complexity index is 817. The van der Waals surface area contributed by atoms with E-state index in [9.17, 15) is 4.79 Å². The first-order chi connectivity index (χ1) is 12.6. The lowest BCUT2D eigenvalue weighted by Gasteiger charge is -2.17. The van der Waals surface area contributed by atoms with Crippen molar-refractivity contribution in [3.05, 3.63) is 66.5 Å². The number of aromatic nitrogens is 4. The second kappa shape index (κ2) is 8.24. The lowest BCUT2D eigenvalue weighted by Crippen LogP contribution is -2.28. The van der Waals surface area contributed by atoms with Gasteiger partial charge in [-0.2, -0.15) is 0 Å². The van der Waals surface area contributed by atoms with Gasteiger partial charge in [-0.1, -0.05) is 30.3 Å². The van der Waals surface area contributed by atoms with E-state index in [0.717, 1.165) is 11.3 Å². The molecule has 0 bridgehead atoms. The first kappa shape index (κ1) is 17.6. The molecule has 134 valence electrons. The third-order valence-corrected chi connectivity index (χ3v) is 3.75. The molecule has 1 aromatic heterocycles. The van der Waals surface area contributed by atoms with Crippen LogP contribution < -0.4 is 10.1 Å². The first-order valence-corrected chi connectivity index (χ1v) is 8.46. The largest absolute Gasteiger partial charge is 0.491 e. The zero-order chi connectivity index (χ0) is 18.4. The van der Waals surface area contributed by atoms with E-state index < -0.39 is 6.04 Å². The summed E-state index contributed by atoms with van der Waals surface area (Å²) in [5, 5.41) is 14.1. The van der Waals surface area contributed by atoms with Crippen LogP contribution in [0.1, 0.15) is 25.5 Å². The predicted molar refractivity (Wildman–Crippen MR) is 97.8 cm³/mol. The number of anilines is 1. The molecular weight excluding hydrogens is 330 g/mol. The molecule has 26 heavy (non-hydrogen) atoms. The average Bonchev–Trinajstić information content (AvgIpc) is 3.16. The van der Waals surface area contributed by atoms with E-state index in [2.05, 4.69) is 20.8 Å². The molecule has 0 radical (unpaired) electrons. The lowest BCUT2D eigenvalue weighted by atomic mass is 10.1. The second-order valence-corrected chi connectivity index (χ2v) is 6.18. The molecule has 0 fully saturated rings. The van der Waals surface area contributed by atoms with E-state index in [1.165, 1.54) is 11.0 Å². The summed E-state index contributed by atoms with van der Waals surface area (Å²) in [5.41, 5.74) is 1.72. The van der Waals surface area contributed by atoms with Crippen molar-refractivity contribution in [3.8, 4) is 5.75 Å². The van der Waals surface area contributed by atoms with Crippen LogP contribution in [0.25, 0.3) is 0 Å². The fraction of sp³-hybridized carbons (Fsp3) is 0.263. The normalized spacial score (nSPS) is 12.0. The summed E-state index contributed by atoms with van der Waals surface area (Å²) in [6.07, 6.45) is 2.05. The van der Waals surface area contributed by atoms with Crippen LogP contribution >= 0.6 is 0 Å². The van der Waals surface area contributed by atoms with Gasteiger partial charge in [-0.3, -0.25) is 4.79 Å². The van der Waals surface area contributed by atoms with E-state index in [1.807, 2.05) is 68.4 Å². The van der Waals surface area contributed by atoms with Crippen molar-refractivity contribution in [2.24, 2.45) is 0 Å². The number of nitrogens with zero attached hydrogens (tertiary/aromatic N) is 4. The number of carbonyl (C=O) groups is 1. The van der Waals surface area contributed by atoms with Gasteiger partial charge in [0.25, 0.3) is 0 Å². The molecule has 0 aliphatic heterocycles. The van der Waals surface area contributed by atoms with E-state index in [4.69, 9.17) is 4.74 Å². The number of tetrazole rings is 1. The molecule has 0 spiro atoms. The fourth-order valence-electron chi connectivity index (χ4n) is 2.57. The summed E-state index contributed by atoms with van der Waals surface area (Å²) in [6, 6.07) is 16.5. The minimum Gasteiger partial charge on any atom is -0.491 e. The molecule has 1 unspecified atom stereocenters. The van der Waals surface area contributed by atoms with Crippen molar-refractivity contribution in [1.82, 2.24) is 20.2 Å². The van der Waals surface area contributed by atoms with Crippen molar-refractivity contribution >= 4 is 11.6 Å². The molecule has 1 N–H and O–H groups in total. The number of rotatable bonds is 7.